The SMILES string of the molecule is Cc1cc(NC(=O)Nc2ccc(C#Cc3c(N)ncc4ccc(Cl)cc34)cc2Cl)no1. The molecule has 2 aromatic carbocycles. The number of hydrogen-bond donors (Lipinski definition) is 3. The number of fused-ring (bicyclic) bond motifs is 1. The number of anilines is 3. The molecular formula is C22H15Cl2N5O2. The molecule has 31 heavy (non-hydrogen) atoms. The van der Waals surface area contributed by atoms with Gasteiger partial charge in [0, 0.05) is 33.6 Å². The minimum atomic E-state index is -0.500. The van der Waals surface area contributed by atoms with E-state index in [4.69, 9.17) is 33.5 Å². The van der Waals surface area contributed by atoms with Gasteiger partial charge >= 0.3 is 6.03 Å². The van der Waals surface area contributed by atoms with E-state index < -0.39 is 6.03 Å². The molecule has 2 amide bonds. The maximum Gasteiger partial charge on any atom is 0.324 e. The first-order valence-electron chi connectivity index (χ1n) is 9.05. The topological polar surface area (TPSA) is 106 Å². The Morgan fingerprint density at radius 3 is 2.68 bits per heavy atom. The first-order valence-corrected chi connectivity index (χ1v) is 9.81. The number of amides is 2. The second kappa shape index (κ2) is 8.56. The Morgan fingerprint density at radius 2 is 1.94 bits per heavy atom. The fourth-order valence-corrected chi connectivity index (χ4v) is 3.25. The Kier molecular flexibility index (Phi) is 5.67. The van der Waals surface area contributed by atoms with Crippen molar-refractivity contribution in [1.29, 1.82) is 0 Å². The monoisotopic (exact) mass is 451 g/mol. The van der Waals surface area contributed by atoms with Gasteiger partial charge in [-0.05, 0) is 37.3 Å². The van der Waals surface area contributed by atoms with E-state index in [9.17, 15) is 4.79 Å². The summed E-state index contributed by atoms with van der Waals surface area (Å²) in [5.74, 6) is 7.27. The van der Waals surface area contributed by atoms with Crippen LogP contribution >= 0.6 is 23.2 Å². The number of hydrogen-bond acceptors (Lipinski definition) is 5. The van der Waals surface area contributed by atoms with Gasteiger partial charge in [-0.3, -0.25) is 5.32 Å². The molecule has 2 aromatic heterocycles. The average molecular weight is 452 g/mol. The molecule has 0 aliphatic carbocycles. The molecule has 4 N–H and O–H groups in total. The maximum absolute atomic E-state index is 12.1. The van der Waals surface area contributed by atoms with Crippen LogP contribution in [0.15, 0.2) is 53.2 Å². The molecule has 0 radical (unpaired) electrons. The quantitative estimate of drug-likeness (QED) is 0.350. The second-order valence-electron chi connectivity index (χ2n) is 6.60. The summed E-state index contributed by atoms with van der Waals surface area (Å²) in [4.78, 5) is 16.3. The van der Waals surface area contributed by atoms with Crippen molar-refractivity contribution in [3.8, 4) is 11.8 Å². The van der Waals surface area contributed by atoms with Crippen molar-refractivity contribution in [2.24, 2.45) is 0 Å². The van der Waals surface area contributed by atoms with Crippen LogP contribution in [0.25, 0.3) is 10.8 Å². The van der Waals surface area contributed by atoms with Crippen molar-refractivity contribution in [2.45, 2.75) is 6.92 Å². The zero-order chi connectivity index (χ0) is 22.0. The number of aryl methyl sites for hydroxylation is 1. The van der Waals surface area contributed by atoms with Crippen LogP contribution in [0.4, 0.5) is 22.1 Å². The van der Waals surface area contributed by atoms with Crippen LogP contribution in [0.1, 0.15) is 16.9 Å². The minimum absolute atomic E-state index is 0.301. The van der Waals surface area contributed by atoms with Gasteiger partial charge in [0.05, 0.1) is 16.3 Å². The summed E-state index contributed by atoms with van der Waals surface area (Å²) in [5.41, 5.74) is 7.67. The highest BCUT2D eigenvalue weighted by Crippen LogP contribution is 2.26. The van der Waals surface area contributed by atoms with Crippen LogP contribution in [0.3, 0.4) is 0 Å². The van der Waals surface area contributed by atoms with Gasteiger partial charge in [-0.15, -0.1) is 0 Å². The molecular weight excluding hydrogens is 437 g/mol. The van der Waals surface area contributed by atoms with Crippen LogP contribution in [0.5, 0.6) is 0 Å². The van der Waals surface area contributed by atoms with Gasteiger partial charge in [-0.1, -0.05) is 46.3 Å². The molecule has 0 bridgehead atoms. The summed E-state index contributed by atoms with van der Waals surface area (Å²) in [6.07, 6.45) is 1.68. The molecule has 0 atom stereocenters. The summed E-state index contributed by atoms with van der Waals surface area (Å²) >= 11 is 12.4. The van der Waals surface area contributed by atoms with E-state index in [1.54, 1.807) is 49.5 Å². The van der Waals surface area contributed by atoms with Gasteiger partial charge in [0.15, 0.2) is 5.82 Å². The van der Waals surface area contributed by atoms with E-state index >= 15 is 0 Å². The third kappa shape index (κ3) is 4.72. The lowest BCUT2D eigenvalue weighted by molar-refractivity contribution is 0.262. The highest BCUT2D eigenvalue weighted by atomic mass is 35.5. The van der Waals surface area contributed by atoms with Crippen LogP contribution in [0.2, 0.25) is 10.0 Å². The van der Waals surface area contributed by atoms with Gasteiger partial charge in [0.1, 0.15) is 11.6 Å². The molecule has 0 saturated carbocycles. The summed E-state index contributed by atoms with van der Waals surface area (Å²) < 4.78 is 4.91. The summed E-state index contributed by atoms with van der Waals surface area (Å²) in [7, 11) is 0. The number of aromatic nitrogens is 2. The smallest absolute Gasteiger partial charge is 0.324 e. The van der Waals surface area contributed by atoms with E-state index in [0.29, 0.717) is 44.3 Å². The van der Waals surface area contributed by atoms with Crippen molar-refractivity contribution in [3.05, 3.63) is 75.6 Å². The largest absolute Gasteiger partial charge is 0.383 e. The molecule has 154 valence electrons. The number of urea groups is 1. The molecule has 7 nitrogen and oxygen atoms in total. The number of nitrogens with one attached hydrogen (secondary N) is 2. The number of carbonyl (C=O) groups excluding carboxylic acids is 1. The van der Waals surface area contributed by atoms with E-state index in [1.165, 1.54) is 0 Å². The fourth-order valence-electron chi connectivity index (χ4n) is 2.85. The Balaban J connectivity index is 1.55. The number of benzene rings is 2. The number of carbonyl (C=O) groups is 1. The van der Waals surface area contributed by atoms with Crippen molar-refractivity contribution >= 4 is 57.3 Å². The Morgan fingerprint density at radius 1 is 1.10 bits per heavy atom. The molecule has 0 spiro atoms. The van der Waals surface area contributed by atoms with Crippen molar-refractivity contribution in [3.63, 3.8) is 0 Å². The normalized spacial score (nSPS) is 10.4. The van der Waals surface area contributed by atoms with Crippen molar-refractivity contribution in [2.75, 3.05) is 16.4 Å². The van der Waals surface area contributed by atoms with Crippen molar-refractivity contribution < 1.29 is 9.32 Å². The molecule has 2 heterocycles. The molecule has 0 saturated heterocycles. The van der Waals surface area contributed by atoms with Gasteiger partial charge in [0.2, 0.25) is 0 Å². The summed E-state index contributed by atoms with van der Waals surface area (Å²) in [6, 6.07) is 11.6. The van der Waals surface area contributed by atoms with E-state index in [-0.39, 0.29) is 0 Å². The highest BCUT2D eigenvalue weighted by Gasteiger charge is 2.09. The minimum Gasteiger partial charge on any atom is -0.383 e. The summed E-state index contributed by atoms with van der Waals surface area (Å²) in [5, 5.41) is 11.5. The Labute approximate surface area is 187 Å². The molecule has 4 rings (SSSR count). The zero-order valence-electron chi connectivity index (χ0n) is 16.2. The van der Waals surface area contributed by atoms with E-state index in [1.807, 2.05) is 6.07 Å². The Hall–Kier alpha value is -3.73. The second-order valence-corrected chi connectivity index (χ2v) is 7.44. The molecule has 0 fully saturated rings. The van der Waals surface area contributed by atoms with Crippen LogP contribution in [-0.4, -0.2) is 16.2 Å². The first kappa shape index (κ1) is 20.5. The number of nitrogens with two attached hydrogens (primary N) is 1. The van der Waals surface area contributed by atoms with Crippen LogP contribution in [0, 0.1) is 18.8 Å². The van der Waals surface area contributed by atoms with E-state index in [2.05, 4.69) is 32.6 Å². The lowest BCUT2D eigenvalue weighted by atomic mass is 10.1. The third-order valence-corrected chi connectivity index (χ3v) is 4.85. The van der Waals surface area contributed by atoms with E-state index in [0.717, 1.165) is 10.8 Å². The number of halogens is 2. The molecule has 0 unspecified atom stereocenters. The number of pyridine rings is 1. The zero-order valence-corrected chi connectivity index (χ0v) is 17.7. The molecule has 0 aliphatic rings. The molecule has 4 aromatic rings. The molecule has 9 heteroatoms. The lowest BCUT2D eigenvalue weighted by Crippen LogP contribution is -2.19. The highest BCUT2D eigenvalue weighted by molar-refractivity contribution is 6.34. The fraction of sp³-hybridized carbons (Fsp3) is 0.0455. The predicted octanol–water partition coefficient (Wildman–Crippen LogP) is 5.46. The van der Waals surface area contributed by atoms with Crippen molar-refractivity contribution in [1.82, 2.24) is 10.1 Å². The summed E-state index contributed by atoms with van der Waals surface area (Å²) in [6.45, 7) is 1.73. The van der Waals surface area contributed by atoms with Gasteiger partial charge in [-0.2, -0.15) is 0 Å². The Bertz CT molecular complexity index is 1370. The van der Waals surface area contributed by atoms with Gasteiger partial charge in [-0.25, -0.2) is 9.78 Å². The number of nitrogen functional groups attached to an aromatic ring is 1. The number of nitrogens with zero attached hydrogens (tertiary/aromatic N) is 2. The van der Waals surface area contributed by atoms with Gasteiger partial charge < -0.3 is 15.6 Å². The maximum atomic E-state index is 12.1. The predicted molar refractivity (Wildman–Crippen MR) is 122 cm³/mol. The average Bonchev–Trinajstić information content (AvgIpc) is 3.13. The van der Waals surface area contributed by atoms with Crippen LogP contribution < -0.4 is 16.4 Å². The molecule has 0 aliphatic heterocycles. The first-order chi connectivity index (χ1) is 14.9. The number of rotatable bonds is 2. The lowest BCUT2D eigenvalue weighted by Gasteiger charge is -2.07. The van der Waals surface area contributed by atoms with Gasteiger partial charge in [0.25, 0.3) is 0 Å². The third-order valence-electron chi connectivity index (χ3n) is 4.30. The standard InChI is InChI=1S/C22H15Cl2N5O2/c1-12-8-20(29-31-12)28-22(30)27-19-7-3-13(9-18(19)24)2-6-16-17-10-15(23)5-4-14(17)11-26-21(16)25/h3-5,7-11H,1H3,(H2,25,26)(H2,27,28,29,30). The van der Waals surface area contributed by atoms with Crippen LogP contribution in [-0.2, 0) is 0 Å².